The zero-order valence-corrected chi connectivity index (χ0v) is 19.9. The average Bonchev–Trinajstić information content (AvgIpc) is 3.37. The Bertz CT molecular complexity index is 1060. The number of likely N-dealkylation sites (tertiary alicyclic amines) is 1. The molecule has 1 aromatic heterocycles. The van der Waals surface area contributed by atoms with Crippen LogP contribution >= 0.6 is 0 Å². The Hall–Kier alpha value is -3.08. The van der Waals surface area contributed by atoms with Crippen LogP contribution in [0.2, 0.25) is 0 Å². The lowest BCUT2D eigenvalue weighted by atomic mass is 9.91. The minimum atomic E-state index is 0.294. The van der Waals surface area contributed by atoms with Crippen LogP contribution in [0.3, 0.4) is 0 Å². The van der Waals surface area contributed by atoms with E-state index in [0.29, 0.717) is 43.1 Å². The van der Waals surface area contributed by atoms with Gasteiger partial charge in [-0.05, 0) is 61.4 Å². The van der Waals surface area contributed by atoms with Crippen LogP contribution in [0, 0.1) is 18.8 Å². The van der Waals surface area contributed by atoms with Crippen molar-refractivity contribution in [2.75, 3.05) is 19.7 Å². The summed E-state index contributed by atoms with van der Waals surface area (Å²) in [5.41, 5.74) is 3.18. The molecule has 33 heavy (non-hydrogen) atoms. The lowest BCUT2D eigenvalue weighted by molar-refractivity contribution is -0.130. The molecule has 2 heterocycles. The first-order valence-electron chi connectivity index (χ1n) is 12.0. The number of aryl methyl sites for hydroxylation is 1. The fraction of sp³-hybridized carbons (Fsp3) is 0.429. The van der Waals surface area contributed by atoms with Crippen LogP contribution in [0.4, 0.5) is 0 Å². The van der Waals surface area contributed by atoms with E-state index in [9.17, 15) is 4.79 Å². The molecule has 1 amide bonds. The highest BCUT2D eigenvalue weighted by Gasteiger charge is 2.31. The van der Waals surface area contributed by atoms with Gasteiger partial charge in [-0.1, -0.05) is 44.2 Å². The van der Waals surface area contributed by atoms with Crippen molar-refractivity contribution in [2.45, 2.75) is 46.5 Å². The van der Waals surface area contributed by atoms with Crippen LogP contribution in [0.1, 0.15) is 43.7 Å². The molecular formula is C28H34N2O3. The van der Waals surface area contributed by atoms with E-state index in [4.69, 9.17) is 9.15 Å². The lowest BCUT2D eigenvalue weighted by Crippen LogP contribution is -2.28. The van der Waals surface area contributed by atoms with Crippen molar-refractivity contribution >= 4 is 5.91 Å². The summed E-state index contributed by atoms with van der Waals surface area (Å²) < 4.78 is 11.9. The average molecular weight is 447 g/mol. The highest BCUT2D eigenvalue weighted by Crippen LogP contribution is 2.28. The van der Waals surface area contributed by atoms with Gasteiger partial charge in [0.2, 0.25) is 11.8 Å². The zero-order valence-electron chi connectivity index (χ0n) is 19.9. The highest BCUT2D eigenvalue weighted by atomic mass is 16.5. The number of oxazole rings is 1. The molecule has 2 aromatic carbocycles. The molecule has 0 radical (unpaired) electrons. The van der Waals surface area contributed by atoms with E-state index in [2.05, 4.69) is 37.0 Å². The quantitative estimate of drug-likeness (QED) is 0.423. The SMILES string of the molecule is CCCC(=O)N1C[C@@H](Cc2cccc(OCCc3nc(-c4ccccc4)oc3C)c2)[C@@H](C)C1. The van der Waals surface area contributed by atoms with Gasteiger partial charge in [-0.2, -0.15) is 0 Å². The van der Waals surface area contributed by atoms with Crippen molar-refractivity contribution in [3.05, 3.63) is 71.6 Å². The Labute approximate surface area is 196 Å². The molecule has 1 aliphatic rings. The van der Waals surface area contributed by atoms with Crippen molar-refractivity contribution in [1.82, 2.24) is 9.88 Å². The number of carbonyl (C=O) groups is 1. The topological polar surface area (TPSA) is 55.6 Å². The Kier molecular flexibility index (Phi) is 7.48. The summed E-state index contributed by atoms with van der Waals surface area (Å²) in [5, 5.41) is 0. The fourth-order valence-corrected chi connectivity index (χ4v) is 4.57. The molecule has 0 saturated carbocycles. The number of nitrogens with zero attached hydrogens (tertiary/aromatic N) is 2. The van der Waals surface area contributed by atoms with Crippen molar-refractivity contribution in [3.63, 3.8) is 0 Å². The number of rotatable bonds is 9. The smallest absolute Gasteiger partial charge is 0.226 e. The van der Waals surface area contributed by atoms with Crippen LogP contribution < -0.4 is 4.74 Å². The van der Waals surface area contributed by atoms with Gasteiger partial charge in [0.1, 0.15) is 11.5 Å². The Morgan fingerprint density at radius 3 is 2.76 bits per heavy atom. The third-order valence-electron chi connectivity index (χ3n) is 6.50. The fourth-order valence-electron chi connectivity index (χ4n) is 4.57. The molecule has 0 bridgehead atoms. The van der Waals surface area contributed by atoms with E-state index in [1.807, 2.05) is 48.2 Å². The molecule has 3 aromatic rings. The van der Waals surface area contributed by atoms with Crippen LogP contribution in [0.15, 0.2) is 59.0 Å². The van der Waals surface area contributed by atoms with E-state index >= 15 is 0 Å². The molecular weight excluding hydrogens is 412 g/mol. The van der Waals surface area contributed by atoms with Crippen LogP contribution in [-0.2, 0) is 17.6 Å². The van der Waals surface area contributed by atoms with Crippen molar-refractivity contribution in [1.29, 1.82) is 0 Å². The summed E-state index contributed by atoms with van der Waals surface area (Å²) in [6.07, 6.45) is 3.23. The second-order valence-electron chi connectivity index (χ2n) is 9.12. The van der Waals surface area contributed by atoms with E-state index in [0.717, 1.165) is 48.7 Å². The molecule has 0 aliphatic carbocycles. The third-order valence-corrected chi connectivity index (χ3v) is 6.50. The minimum Gasteiger partial charge on any atom is -0.493 e. The first-order chi connectivity index (χ1) is 16.0. The lowest BCUT2D eigenvalue weighted by Gasteiger charge is -2.16. The maximum absolute atomic E-state index is 12.3. The van der Waals surface area contributed by atoms with E-state index in [-0.39, 0.29) is 0 Å². The summed E-state index contributed by atoms with van der Waals surface area (Å²) in [4.78, 5) is 19.0. The zero-order chi connectivity index (χ0) is 23.2. The molecule has 2 atom stereocenters. The molecule has 1 fully saturated rings. The maximum atomic E-state index is 12.3. The number of hydrogen-bond donors (Lipinski definition) is 0. The van der Waals surface area contributed by atoms with Gasteiger partial charge in [0, 0.05) is 31.5 Å². The van der Waals surface area contributed by atoms with Gasteiger partial charge < -0.3 is 14.1 Å². The van der Waals surface area contributed by atoms with Gasteiger partial charge in [-0.15, -0.1) is 0 Å². The highest BCUT2D eigenvalue weighted by molar-refractivity contribution is 5.76. The van der Waals surface area contributed by atoms with E-state index in [1.165, 1.54) is 5.56 Å². The number of ether oxygens (including phenoxy) is 1. The predicted molar refractivity (Wildman–Crippen MR) is 130 cm³/mol. The number of carbonyl (C=O) groups excluding carboxylic acids is 1. The second-order valence-corrected chi connectivity index (χ2v) is 9.12. The summed E-state index contributed by atoms with van der Waals surface area (Å²) in [7, 11) is 0. The van der Waals surface area contributed by atoms with Gasteiger partial charge >= 0.3 is 0 Å². The second kappa shape index (κ2) is 10.7. The molecule has 0 N–H and O–H groups in total. The maximum Gasteiger partial charge on any atom is 0.226 e. The summed E-state index contributed by atoms with van der Waals surface area (Å²) >= 11 is 0. The normalized spacial score (nSPS) is 18.0. The summed E-state index contributed by atoms with van der Waals surface area (Å²) in [6, 6.07) is 18.3. The van der Waals surface area contributed by atoms with Crippen LogP contribution in [-0.4, -0.2) is 35.5 Å². The largest absolute Gasteiger partial charge is 0.493 e. The number of hydrogen-bond acceptors (Lipinski definition) is 4. The van der Waals surface area contributed by atoms with Gasteiger partial charge in [0.25, 0.3) is 0 Å². The Morgan fingerprint density at radius 2 is 1.97 bits per heavy atom. The summed E-state index contributed by atoms with van der Waals surface area (Å²) in [6.45, 7) is 8.56. The molecule has 0 unspecified atom stereocenters. The number of aromatic nitrogens is 1. The first kappa shape index (κ1) is 23.1. The summed E-state index contributed by atoms with van der Waals surface area (Å²) in [5.74, 6) is 3.68. The van der Waals surface area contributed by atoms with Crippen LogP contribution in [0.5, 0.6) is 5.75 Å². The Balaban J connectivity index is 1.31. The van der Waals surface area contributed by atoms with Gasteiger partial charge in [0.15, 0.2) is 0 Å². The standard InChI is InChI=1S/C28H34N2O3/c1-4-9-27(31)30-18-20(2)24(19-30)16-22-10-8-13-25(17-22)32-15-14-26-21(3)33-28(29-26)23-11-6-5-7-12-23/h5-8,10-13,17,20,24H,4,9,14-16,18-19H2,1-3H3/t20-,24+/m0/s1. The molecule has 0 spiro atoms. The molecule has 5 heteroatoms. The molecule has 174 valence electrons. The molecule has 1 aliphatic heterocycles. The molecule has 4 rings (SSSR count). The monoisotopic (exact) mass is 446 g/mol. The third kappa shape index (κ3) is 5.84. The predicted octanol–water partition coefficient (Wildman–Crippen LogP) is 5.71. The van der Waals surface area contributed by atoms with Gasteiger partial charge in [-0.3, -0.25) is 4.79 Å². The van der Waals surface area contributed by atoms with E-state index in [1.54, 1.807) is 0 Å². The van der Waals surface area contributed by atoms with Crippen molar-refractivity contribution < 1.29 is 13.9 Å². The van der Waals surface area contributed by atoms with Crippen LogP contribution in [0.25, 0.3) is 11.5 Å². The number of amides is 1. The van der Waals surface area contributed by atoms with E-state index < -0.39 is 0 Å². The first-order valence-corrected chi connectivity index (χ1v) is 12.0. The Morgan fingerprint density at radius 1 is 1.15 bits per heavy atom. The van der Waals surface area contributed by atoms with Crippen molar-refractivity contribution in [3.8, 4) is 17.2 Å². The van der Waals surface area contributed by atoms with Crippen molar-refractivity contribution in [2.24, 2.45) is 11.8 Å². The molecule has 5 nitrogen and oxygen atoms in total. The number of benzene rings is 2. The molecule has 1 saturated heterocycles. The van der Waals surface area contributed by atoms with Gasteiger partial charge in [-0.25, -0.2) is 4.98 Å². The van der Waals surface area contributed by atoms with Gasteiger partial charge in [0.05, 0.1) is 12.3 Å². The minimum absolute atomic E-state index is 0.294.